The topological polar surface area (TPSA) is 112 Å². The van der Waals surface area contributed by atoms with Crippen LogP contribution in [-0.2, 0) is 19.9 Å². The maximum Gasteiger partial charge on any atom is 0.240 e. The van der Waals surface area contributed by atoms with Gasteiger partial charge >= 0.3 is 0 Å². The fourth-order valence-corrected chi connectivity index (χ4v) is 5.76. The molecule has 0 unspecified atom stereocenters. The molecule has 1 aromatic heterocycles. The van der Waals surface area contributed by atoms with Crippen molar-refractivity contribution in [3.8, 4) is 11.5 Å². The Morgan fingerprint density at radius 3 is 2.16 bits per heavy atom. The van der Waals surface area contributed by atoms with E-state index in [0.717, 1.165) is 0 Å². The van der Waals surface area contributed by atoms with Crippen LogP contribution in [0.25, 0.3) is 0 Å². The lowest BCUT2D eigenvalue weighted by molar-refractivity contribution is 0.354. The first-order valence-electron chi connectivity index (χ1n) is 8.93. The zero-order valence-electron chi connectivity index (χ0n) is 16.6. The molecule has 2 aromatic carbocycles. The van der Waals surface area contributed by atoms with Gasteiger partial charge in [0.2, 0.25) is 10.0 Å². The third kappa shape index (κ3) is 5.04. The summed E-state index contributed by atoms with van der Waals surface area (Å²) in [6, 6.07) is 12.7. The number of sulfone groups is 1. The largest absolute Gasteiger partial charge is 0.493 e. The third-order valence-electron chi connectivity index (χ3n) is 4.50. The van der Waals surface area contributed by atoms with Gasteiger partial charge in [0.25, 0.3) is 0 Å². The minimum absolute atomic E-state index is 0.0105. The van der Waals surface area contributed by atoms with Crippen LogP contribution in [0.3, 0.4) is 0 Å². The van der Waals surface area contributed by atoms with Gasteiger partial charge < -0.3 is 13.9 Å². The summed E-state index contributed by atoms with van der Waals surface area (Å²) in [5, 5.41) is -0.916. The summed E-state index contributed by atoms with van der Waals surface area (Å²) in [7, 11) is -5.25. The fraction of sp³-hybridized carbons (Fsp3) is 0.200. The van der Waals surface area contributed by atoms with Crippen LogP contribution in [0, 0.1) is 0 Å². The van der Waals surface area contributed by atoms with E-state index in [0.29, 0.717) is 10.8 Å². The van der Waals surface area contributed by atoms with Gasteiger partial charge in [-0.3, -0.25) is 0 Å². The number of benzene rings is 2. The number of methoxy groups -OCH3 is 2. The Labute approximate surface area is 185 Å². The summed E-state index contributed by atoms with van der Waals surface area (Å²) in [5.41, 5.74) is 0. The maximum atomic E-state index is 13.2. The second-order valence-corrected chi connectivity index (χ2v) is 10.7. The number of hydrogen-bond donors (Lipinski definition) is 1. The first kappa shape index (κ1) is 23.1. The van der Waals surface area contributed by atoms with Crippen molar-refractivity contribution in [2.45, 2.75) is 15.0 Å². The lowest BCUT2D eigenvalue weighted by Crippen LogP contribution is -2.32. The van der Waals surface area contributed by atoms with Crippen molar-refractivity contribution in [3.05, 3.63) is 71.6 Å². The minimum atomic E-state index is -4.07. The monoisotopic (exact) mass is 485 g/mol. The second kappa shape index (κ2) is 9.31. The molecular formula is C20H20ClNO7S2. The molecule has 11 heteroatoms. The Bertz CT molecular complexity index is 1240. The summed E-state index contributed by atoms with van der Waals surface area (Å²) in [6.07, 6.45) is 1.32. The number of hydrogen-bond acceptors (Lipinski definition) is 7. The number of halogens is 1. The fourth-order valence-electron chi connectivity index (χ4n) is 2.88. The zero-order chi connectivity index (χ0) is 22.6. The maximum absolute atomic E-state index is 13.2. The number of sulfonamides is 1. The molecule has 8 nitrogen and oxygen atoms in total. The van der Waals surface area contributed by atoms with Crippen molar-refractivity contribution in [3.63, 3.8) is 0 Å². The van der Waals surface area contributed by atoms with Crippen molar-refractivity contribution in [1.29, 1.82) is 0 Å². The highest BCUT2D eigenvalue weighted by Gasteiger charge is 2.33. The van der Waals surface area contributed by atoms with Crippen molar-refractivity contribution < 1.29 is 30.7 Å². The van der Waals surface area contributed by atoms with Crippen LogP contribution in [0.2, 0.25) is 5.02 Å². The van der Waals surface area contributed by atoms with Gasteiger partial charge in [-0.05, 0) is 48.5 Å². The van der Waals surface area contributed by atoms with Gasteiger partial charge in [0.05, 0.1) is 30.3 Å². The smallest absolute Gasteiger partial charge is 0.240 e. The highest BCUT2D eigenvalue weighted by atomic mass is 35.5. The Morgan fingerprint density at radius 2 is 1.58 bits per heavy atom. The molecular weight excluding hydrogens is 466 g/mol. The Morgan fingerprint density at radius 1 is 0.935 bits per heavy atom. The summed E-state index contributed by atoms with van der Waals surface area (Å²) >= 11 is 5.85. The van der Waals surface area contributed by atoms with Gasteiger partial charge in [-0.15, -0.1) is 0 Å². The van der Waals surface area contributed by atoms with E-state index in [4.69, 9.17) is 25.5 Å². The van der Waals surface area contributed by atoms with Gasteiger partial charge in [-0.25, -0.2) is 21.6 Å². The molecule has 0 radical (unpaired) electrons. The summed E-state index contributed by atoms with van der Waals surface area (Å²) in [4.78, 5) is -0.115. The molecule has 1 atom stereocenters. The standard InChI is InChI=1S/C20H20ClNO7S2/c1-27-17-10-9-16(12-19(17)28-2)31(25,26)22-13-20(18-4-3-11-29-18)30(23,24)15-7-5-14(21)6-8-15/h3-12,20,22H,13H2,1-2H3/t20-/m1/s1. The lowest BCUT2D eigenvalue weighted by Gasteiger charge is -2.17. The van der Waals surface area contributed by atoms with Crippen molar-refractivity contribution >= 4 is 31.5 Å². The molecule has 0 fully saturated rings. The molecule has 3 aromatic rings. The third-order valence-corrected chi connectivity index (χ3v) is 8.25. The Hall–Kier alpha value is -2.53. The van der Waals surface area contributed by atoms with Crippen LogP contribution < -0.4 is 14.2 Å². The number of ether oxygens (including phenoxy) is 2. The van der Waals surface area contributed by atoms with Crippen molar-refractivity contribution in [1.82, 2.24) is 4.72 Å². The highest BCUT2D eigenvalue weighted by Crippen LogP contribution is 2.32. The molecule has 3 rings (SSSR count). The molecule has 0 saturated carbocycles. The number of nitrogens with one attached hydrogen (secondary N) is 1. The van der Waals surface area contributed by atoms with Crippen molar-refractivity contribution in [2.24, 2.45) is 0 Å². The van der Waals surface area contributed by atoms with Gasteiger partial charge in [0.1, 0.15) is 11.0 Å². The summed E-state index contributed by atoms with van der Waals surface area (Å²) < 4.78 is 70.0. The van der Waals surface area contributed by atoms with Gasteiger partial charge in [0.15, 0.2) is 21.3 Å². The molecule has 0 aliphatic rings. The first-order valence-corrected chi connectivity index (χ1v) is 12.3. The molecule has 166 valence electrons. The first-order chi connectivity index (χ1) is 14.7. The van der Waals surface area contributed by atoms with Crippen LogP contribution in [0.4, 0.5) is 0 Å². The molecule has 0 spiro atoms. The van der Waals surface area contributed by atoms with Gasteiger partial charge in [0, 0.05) is 17.6 Å². The zero-order valence-corrected chi connectivity index (χ0v) is 19.0. The van der Waals surface area contributed by atoms with E-state index >= 15 is 0 Å². The van der Waals surface area contributed by atoms with Crippen LogP contribution in [-0.4, -0.2) is 37.6 Å². The van der Waals surface area contributed by atoms with E-state index in [1.165, 1.54) is 75.1 Å². The minimum Gasteiger partial charge on any atom is -0.493 e. The van der Waals surface area contributed by atoms with Gasteiger partial charge in [-0.2, -0.15) is 0 Å². The van der Waals surface area contributed by atoms with Crippen LogP contribution in [0.5, 0.6) is 11.5 Å². The normalized spacial score (nSPS) is 13.0. The molecule has 0 aliphatic carbocycles. The van der Waals surface area contributed by atoms with E-state index in [1.54, 1.807) is 0 Å². The molecule has 1 heterocycles. The van der Waals surface area contributed by atoms with Crippen LogP contribution in [0.1, 0.15) is 11.0 Å². The quantitative estimate of drug-likeness (QED) is 0.494. The van der Waals surface area contributed by atoms with E-state index in [9.17, 15) is 16.8 Å². The van der Waals surface area contributed by atoms with Crippen LogP contribution >= 0.6 is 11.6 Å². The average molecular weight is 486 g/mol. The van der Waals surface area contributed by atoms with E-state index in [1.807, 2.05) is 0 Å². The van der Waals surface area contributed by atoms with Gasteiger partial charge in [-0.1, -0.05) is 11.6 Å². The van der Waals surface area contributed by atoms with Crippen LogP contribution in [0.15, 0.2) is 75.1 Å². The highest BCUT2D eigenvalue weighted by molar-refractivity contribution is 7.92. The second-order valence-electron chi connectivity index (χ2n) is 6.37. The Kier molecular flexibility index (Phi) is 6.95. The molecule has 0 amide bonds. The molecule has 0 aliphatic heterocycles. The average Bonchev–Trinajstić information content (AvgIpc) is 3.27. The molecule has 1 N–H and O–H groups in total. The molecule has 31 heavy (non-hydrogen) atoms. The molecule has 0 saturated heterocycles. The van der Waals surface area contributed by atoms with E-state index in [2.05, 4.69) is 4.72 Å². The lowest BCUT2D eigenvalue weighted by atomic mass is 10.3. The predicted octanol–water partition coefficient (Wildman–Crippen LogP) is 3.44. The van der Waals surface area contributed by atoms with E-state index < -0.39 is 31.7 Å². The number of rotatable bonds is 9. The Balaban J connectivity index is 1.92. The molecule has 0 bridgehead atoms. The predicted molar refractivity (Wildman–Crippen MR) is 115 cm³/mol. The van der Waals surface area contributed by atoms with Crippen molar-refractivity contribution in [2.75, 3.05) is 20.8 Å². The van der Waals surface area contributed by atoms with E-state index in [-0.39, 0.29) is 21.3 Å². The summed E-state index contributed by atoms with van der Waals surface area (Å²) in [5.74, 6) is 0.687. The SMILES string of the molecule is COc1ccc(S(=O)(=O)NC[C@H](c2ccco2)S(=O)(=O)c2ccc(Cl)cc2)cc1OC. The summed E-state index contributed by atoms with van der Waals surface area (Å²) in [6.45, 7) is -0.449. The number of furan rings is 1.